The Kier molecular flexibility index (Phi) is 3.76. The number of para-hydroxylation sites is 1. The molecule has 7 nitrogen and oxygen atoms in total. The van der Waals surface area contributed by atoms with Crippen LogP contribution in [0.3, 0.4) is 0 Å². The quantitative estimate of drug-likeness (QED) is 0.791. The Morgan fingerprint density at radius 2 is 2.16 bits per heavy atom. The second-order valence-electron chi connectivity index (χ2n) is 5.98. The van der Waals surface area contributed by atoms with Crippen LogP contribution in [-0.4, -0.2) is 28.0 Å². The summed E-state index contributed by atoms with van der Waals surface area (Å²) in [5.41, 5.74) is 3.14. The molecular formula is C18H18N4O3. The number of carbonyl (C=O) groups is 1. The first kappa shape index (κ1) is 15.4. The summed E-state index contributed by atoms with van der Waals surface area (Å²) in [5, 5.41) is 11.3. The highest BCUT2D eigenvalue weighted by Crippen LogP contribution is 2.31. The number of fused-ring (bicyclic) bond motifs is 1. The molecule has 0 spiro atoms. The number of nitrogens with one attached hydrogen (secondary N) is 1. The first-order chi connectivity index (χ1) is 12.2. The standard InChI is InChI=1S/C18H18N4O3/c1-22-17(11-7-5-8-13(11)20-22)19-18(23)14-10-16(25-21-14)12-6-3-4-9-15(12)24-2/h3-4,6,9-10H,5,7-8H2,1-2H3,(H,19,23). The summed E-state index contributed by atoms with van der Waals surface area (Å²) in [6.07, 6.45) is 2.97. The van der Waals surface area contributed by atoms with Crippen molar-refractivity contribution in [2.24, 2.45) is 7.05 Å². The molecule has 0 fully saturated rings. The highest BCUT2D eigenvalue weighted by Gasteiger charge is 2.24. The maximum Gasteiger partial charge on any atom is 0.279 e. The molecule has 1 amide bonds. The predicted octanol–water partition coefficient (Wildman–Crippen LogP) is 2.82. The molecule has 0 unspecified atom stereocenters. The molecule has 25 heavy (non-hydrogen) atoms. The SMILES string of the molecule is COc1ccccc1-c1cc(C(=O)Nc2c3c(nn2C)CCC3)no1. The first-order valence-electron chi connectivity index (χ1n) is 8.13. The number of hydrogen-bond donors (Lipinski definition) is 1. The number of anilines is 1. The number of ether oxygens (including phenoxy) is 1. The van der Waals surface area contributed by atoms with Crippen LogP contribution in [0.2, 0.25) is 0 Å². The molecule has 0 aliphatic heterocycles. The number of benzene rings is 1. The Hall–Kier alpha value is -3.09. The Balaban J connectivity index is 1.59. The van der Waals surface area contributed by atoms with Crippen molar-refractivity contribution in [2.45, 2.75) is 19.3 Å². The predicted molar refractivity (Wildman–Crippen MR) is 91.7 cm³/mol. The molecule has 0 atom stereocenters. The van der Waals surface area contributed by atoms with E-state index in [4.69, 9.17) is 9.26 Å². The average molecular weight is 338 g/mol. The van der Waals surface area contributed by atoms with Gasteiger partial charge < -0.3 is 14.6 Å². The van der Waals surface area contributed by atoms with Gasteiger partial charge in [-0.1, -0.05) is 17.3 Å². The molecule has 0 saturated carbocycles. The molecule has 7 heteroatoms. The smallest absolute Gasteiger partial charge is 0.279 e. The van der Waals surface area contributed by atoms with Gasteiger partial charge in [-0.15, -0.1) is 0 Å². The molecular weight excluding hydrogens is 320 g/mol. The van der Waals surface area contributed by atoms with Crippen molar-refractivity contribution in [2.75, 3.05) is 12.4 Å². The van der Waals surface area contributed by atoms with Crippen LogP contribution in [0.4, 0.5) is 5.82 Å². The van der Waals surface area contributed by atoms with Crippen molar-refractivity contribution < 1.29 is 14.1 Å². The summed E-state index contributed by atoms with van der Waals surface area (Å²) >= 11 is 0. The topological polar surface area (TPSA) is 82.2 Å². The lowest BCUT2D eigenvalue weighted by Crippen LogP contribution is -2.16. The van der Waals surface area contributed by atoms with Crippen LogP contribution in [0, 0.1) is 0 Å². The highest BCUT2D eigenvalue weighted by molar-refractivity contribution is 6.03. The molecule has 1 aliphatic carbocycles. The molecule has 3 aromatic rings. The lowest BCUT2D eigenvalue weighted by molar-refractivity contribution is 0.101. The number of aromatic nitrogens is 3. The van der Waals surface area contributed by atoms with E-state index in [0.29, 0.717) is 11.5 Å². The van der Waals surface area contributed by atoms with Crippen LogP contribution >= 0.6 is 0 Å². The number of hydrogen-bond acceptors (Lipinski definition) is 5. The lowest BCUT2D eigenvalue weighted by atomic mass is 10.1. The van der Waals surface area contributed by atoms with E-state index >= 15 is 0 Å². The molecule has 0 bridgehead atoms. The third kappa shape index (κ3) is 2.67. The third-order valence-electron chi connectivity index (χ3n) is 4.42. The van der Waals surface area contributed by atoms with Crippen molar-refractivity contribution in [1.82, 2.24) is 14.9 Å². The fraction of sp³-hybridized carbons (Fsp3) is 0.278. The minimum Gasteiger partial charge on any atom is -0.496 e. The molecule has 0 saturated heterocycles. The number of rotatable bonds is 4. The van der Waals surface area contributed by atoms with Gasteiger partial charge in [0, 0.05) is 18.7 Å². The van der Waals surface area contributed by atoms with Crippen molar-refractivity contribution in [1.29, 1.82) is 0 Å². The van der Waals surface area contributed by atoms with Crippen LogP contribution in [0.1, 0.15) is 28.2 Å². The van der Waals surface area contributed by atoms with Crippen LogP contribution in [0.25, 0.3) is 11.3 Å². The fourth-order valence-electron chi connectivity index (χ4n) is 3.20. The van der Waals surface area contributed by atoms with E-state index in [-0.39, 0.29) is 11.6 Å². The molecule has 1 aromatic carbocycles. The van der Waals surface area contributed by atoms with Gasteiger partial charge in [0.1, 0.15) is 11.6 Å². The van der Waals surface area contributed by atoms with Gasteiger partial charge >= 0.3 is 0 Å². The molecule has 0 radical (unpaired) electrons. The van der Waals surface area contributed by atoms with E-state index in [1.54, 1.807) is 17.9 Å². The van der Waals surface area contributed by atoms with Gasteiger partial charge in [0.05, 0.1) is 18.4 Å². The lowest BCUT2D eigenvalue weighted by Gasteiger charge is -2.05. The summed E-state index contributed by atoms with van der Waals surface area (Å²) in [7, 11) is 3.42. The van der Waals surface area contributed by atoms with Gasteiger partial charge in [-0.3, -0.25) is 9.48 Å². The maximum absolute atomic E-state index is 12.6. The summed E-state index contributed by atoms with van der Waals surface area (Å²) in [6, 6.07) is 9.05. The maximum atomic E-state index is 12.6. The Morgan fingerprint density at radius 3 is 3.00 bits per heavy atom. The molecule has 2 aromatic heterocycles. The molecule has 4 rings (SSSR count). The number of methoxy groups -OCH3 is 1. The van der Waals surface area contributed by atoms with Gasteiger partial charge in [-0.25, -0.2) is 0 Å². The van der Waals surface area contributed by atoms with Gasteiger partial charge in [-0.2, -0.15) is 5.10 Å². The van der Waals surface area contributed by atoms with Gasteiger partial charge in [0.25, 0.3) is 5.91 Å². The second-order valence-corrected chi connectivity index (χ2v) is 5.98. The van der Waals surface area contributed by atoms with E-state index in [0.717, 1.165) is 41.9 Å². The van der Waals surface area contributed by atoms with E-state index in [2.05, 4.69) is 15.6 Å². The highest BCUT2D eigenvalue weighted by atomic mass is 16.5. The normalized spacial score (nSPS) is 12.9. The van der Waals surface area contributed by atoms with Crippen LogP contribution in [-0.2, 0) is 19.9 Å². The number of nitrogens with zero attached hydrogens (tertiary/aromatic N) is 3. The van der Waals surface area contributed by atoms with Gasteiger partial charge in [0.2, 0.25) is 0 Å². The summed E-state index contributed by atoms with van der Waals surface area (Å²) < 4.78 is 12.4. The zero-order chi connectivity index (χ0) is 17.4. The third-order valence-corrected chi connectivity index (χ3v) is 4.42. The largest absolute Gasteiger partial charge is 0.496 e. The van der Waals surface area contributed by atoms with Gasteiger partial charge in [0.15, 0.2) is 11.5 Å². The molecule has 128 valence electrons. The second kappa shape index (κ2) is 6.08. The van der Waals surface area contributed by atoms with Crippen LogP contribution < -0.4 is 10.1 Å². The average Bonchev–Trinajstić information content (AvgIpc) is 3.33. The minimum absolute atomic E-state index is 0.217. The Morgan fingerprint density at radius 1 is 1.32 bits per heavy atom. The Labute approximate surface area is 144 Å². The fourth-order valence-corrected chi connectivity index (χ4v) is 3.20. The van der Waals surface area contributed by atoms with Crippen molar-refractivity contribution >= 4 is 11.7 Å². The van der Waals surface area contributed by atoms with Crippen molar-refractivity contribution in [3.05, 3.63) is 47.3 Å². The van der Waals surface area contributed by atoms with Crippen molar-refractivity contribution in [3.63, 3.8) is 0 Å². The van der Waals surface area contributed by atoms with E-state index < -0.39 is 0 Å². The van der Waals surface area contributed by atoms with E-state index in [1.807, 2.05) is 31.3 Å². The zero-order valence-electron chi connectivity index (χ0n) is 14.1. The monoisotopic (exact) mass is 338 g/mol. The molecule has 1 aliphatic rings. The summed E-state index contributed by atoms with van der Waals surface area (Å²) in [5.74, 6) is 1.56. The summed E-state index contributed by atoms with van der Waals surface area (Å²) in [4.78, 5) is 12.6. The van der Waals surface area contributed by atoms with Crippen LogP contribution in [0.5, 0.6) is 5.75 Å². The number of amides is 1. The van der Waals surface area contributed by atoms with Crippen LogP contribution in [0.15, 0.2) is 34.9 Å². The molecule has 1 N–H and O–H groups in total. The first-order valence-corrected chi connectivity index (χ1v) is 8.13. The zero-order valence-corrected chi connectivity index (χ0v) is 14.1. The van der Waals surface area contributed by atoms with Gasteiger partial charge in [-0.05, 0) is 31.4 Å². The molecule has 2 heterocycles. The minimum atomic E-state index is -0.317. The number of aryl methyl sites for hydroxylation is 2. The number of carbonyl (C=O) groups excluding carboxylic acids is 1. The van der Waals surface area contributed by atoms with E-state index in [1.165, 1.54) is 0 Å². The summed E-state index contributed by atoms with van der Waals surface area (Å²) in [6.45, 7) is 0. The van der Waals surface area contributed by atoms with Crippen molar-refractivity contribution in [3.8, 4) is 17.1 Å². The van der Waals surface area contributed by atoms with E-state index in [9.17, 15) is 4.79 Å². The Bertz CT molecular complexity index is 942.